The van der Waals surface area contributed by atoms with Gasteiger partial charge in [0.25, 0.3) is 5.91 Å². The third-order valence-electron chi connectivity index (χ3n) is 3.86. The smallest absolute Gasteiger partial charge is 0.279 e. The molecule has 0 spiro atoms. The molecule has 9 heteroatoms. The predicted molar refractivity (Wildman–Crippen MR) is 115 cm³/mol. The Morgan fingerprint density at radius 3 is 2.27 bits per heavy atom. The lowest BCUT2D eigenvalue weighted by Crippen LogP contribution is -2.47. The molecule has 0 fully saturated rings. The molecule has 0 heterocycles. The Balaban J connectivity index is 1.88. The van der Waals surface area contributed by atoms with Crippen LogP contribution in [-0.2, 0) is 16.0 Å². The summed E-state index contributed by atoms with van der Waals surface area (Å²) in [6.07, 6.45) is -0.843. The van der Waals surface area contributed by atoms with E-state index in [-0.39, 0.29) is 11.4 Å². The Kier molecular flexibility index (Phi) is 9.08. The lowest BCUT2D eigenvalue weighted by molar-refractivity contribution is -0.132. The molecule has 0 aliphatic rings. The number of rotatable bonds is 9. The highest BCUT2D eigenvalue weighted by Gasteiger charge is 2.17. The fourth-order valence-corrected chi connectivity index (χ4v) is 2.94. The van der Waals surface area contributed by atoms with E-state index in [4.69, 9.17) is 37.4 Å². The number of hydrogen-bond acceptors (Lipinski definition) is 5. The van der Waals surface area contributed by atoms with Gasteiger partial charge in [-0.15, -0.1) is 0 Å². The van der Waals surface area contributed by atoms with Crippen molar-refractivity contribution in [3.05, 3.63) is 52.0 Å². The van der Waals surface area contributed by atoms with Gasteiger partial charge in [0.15, 0.2) is 17.6 Å². The second kappa shape index (κ2) is 11.5. The molecule has 2 rings (SSSR count). The number of hydrogen-bond donors (Lipinski definition) is 2. The fourth-order valence-electron chi connectivity index (χ4n) is 2.48. The van der Waals surface area contributed by atoms with Gasteiger partial charge in [0.2, 0.25) is 5.91 Å². The van der Waals surface area contributed by atoms with E-state index in [1.807, 2.05) is 13.8 Å². The molecule has 0 aliphatic heterocycles. The largest absolute Gasteiger partial charge is 0.490 e. The normalized spacial score (nSPS) is 11.4. The van der Waals surface area contributed by atoms with Crippen LogP contribution in [0.4, 0.5) is 0 Å². The molecular weight excluding hydrogens is 431 g/mol. The molecule has 2 aromatic rings. The summed E-state index contributed by atoms with van der Waals surface area (Å²) in [7, 11) is 0. The zero-order valence-electron chi connectivity index (χ0n) is 17.0. The number of benzene rings is 2. The highest BCUT2D eigenvalue weighted by atomic mass is 35.5. The minimum atomic E-state index is -0.890. The van der Waals surface area contributed by atoms with Gasteiger partial charge in [-0.3, -0.25) is 20.4 Å². The standard InChI is InChI=1S/C21H24Cl2N2O5/c1-4-28-18-8-6-14(10-19(18)29-5-2)11-20(26)24-25-21(27)13(3)30-17-9-7-15(22)12-16(17)23/h6-10,12-13H,4-5,11H2,1-3H3,(H,24,26)(H,25,27). The van der Waals surface area contributed by atoms with Crippen LogP contribution in [0.5, 0.6) is 17.2 Å². The fraction of sp³-hybridized carbons (Fsp3) is 0.333. The van der Waals surface area contributed by atoms with Crippen molar-refractivity contribution in [3.63, 3.8) is 0 Å². The van der Waals surface area contributed by atoms with Crippen LogP contribution in [-0.4, -0.2) is 31.1 Å². The molecule has 0 radical (unpaired) electrons. The first-order chi connectivity index (χ1) is 14.3. The van der Waals surface area contributed by atoms with Crippen molar-refractivity contribution < 1.29 is 23.8 Å². The minimum absolute atomic E-state index is 0.0466. The van der Waals surface area contributed by atoms with Gasteiger partial charge in [0.1, 0.15) is 5.75 Å². The van der Waals surface area contributed by atoms with Crippen LogP contribution in [0.3, 0.4) is 0 Å². The summed E-state index contributed by atoms with van der Waals surface area (Å²) in [5, 5.41) is 0.741. The van der Waals surface area contributed by atoms with Crippen LogP contribution in [0.25, 0.3) is 0 Å². The topological polar surface area (TPSA) is 85.9 Å². The molecule has 2 amide bonds. The van der Waals surface area contributed by atoms with Crippen LogP contribution in [0.1, 0.15) is 26.3 Å². The van der Waals surface area contributed by atoms with Gasteiger partial charge in [-0.05, 0) is 56.7 Å². The number of hydrazine groups is 1. The quantitative estimate of drug-likeness (QED) is 0.560. The van der Waals surface area contributed by atoms with Gasteiger partial charge in [-0.1, -0.05) is 29.3 Å². The van der Waals surface area contributed by atoms with Crippen LogP contribution in [0.15, 0.2) is 36.4 Å². The molecule has 30 heavy (non-hydrogen) atoms. The van der Waals surface area contributed by atoms with E-state index >= 15 is 0 Å². The maximum atomic E-state index is 12.2. The summed E-state index contributed by atoms with van der Waals surface area (Å²) < 4.78 is 16.6. The maximum absolute atomic E-state index is 12.2. The van der Waals surface area contributed by atoms with Crippen LogP contribution >= 0.6 is 23.2 Å². The Bertz CT molecular complexity index is 892. The number of carbonyl (C=O) groups is 2. The summed E-state index contributed by atoms with van der Waals surface area (Å²) in [4.78, 5) is 24.4. The Labute approximate surface area is 185 Å². The highest BCUT2D eigenvalue weighted by molar-refractivity contribution is 6.35. The summed E-state index contributed by atoms with van der Waals surface area (Å²) in [6, 6.07) is 9.93. The average molecular weight is 455 g/mol. The SMILES string of the molecule is CCOc1ccc(CC(=O)NNC(=O)C(C)Oc2ccc(Cl)cc2Cl)cc1OCC. The lowest BCUT2D eigenvalue weighted by Gasteiger charge is -2.16. The lowest BCUT2D eigenvalue weighted by atomic mass is 10.1. The van der Waals surface area contributed by atoms with Crippen LogP contribution < -0.4 is 25.1 Å². The van der Waals surface area contributed by atoms with E-state index in [0.29, 0.717) is 41.0 Å². The maximum Gasteiger partial charge on any atom is 0.279 e. The van der Waals surface area contributed by atoms with E-state index in [0.717, 1.165) is 0 Å². The second-order valence-corrected chi connectivity index (χ2v) is 7.04. The first kappa shape index (κ1) is 23.6. The molecule has 162 valence electrons. The molecule has 1 atom stereocenters. The summed E-state index contributed by atoms with van der Waals surface area (Å²) in [5.41, 5.74) is 5.42. The molecule has 0 aromatic heterocycles. The van der Waals surface area contributed by atoms with Crippen molar-refractivity contribution in [2.75, 3.05) is 13.2 Å². The van der Waals surface area contributed by atoms with Crippen molar-refractivity contribution >= 4 is 35.0 Å². The molecular formula is C21H24Cl2N2O5. The molecule has 0 saturated heterocycles. The molecule has 2 N–H and O–H groups in total. The van der Waals surface area contributed by atoms with Gasteiger partial charge < -0.3 is 14.2 Å². The van der Waals surface area contributed by atoms with Gasteiger partial charge in [0.05, 0.1) is 24.7 Å². The van der Waals surface area contributed by atoms with Gasteiger partial charge in [-0.25, -0.2) is 0 Å². The molecule has 7 nitrogen and oxygen atoms in total. The van der Waals surface area contributed by atoms with Crippen molar-refractivity contribution in [3.8, 4) is 17.2 Å². The zero-order chi connectivity index (χ0) is 22.1. The van der Waals surface area contributed by atoms with Gasteiger partial charge in [-0.2, -0.15) is 0 Å². The Morgan fingerprint density at radius 1 is 0.933 bits per heavy atom. The third-order valence-corrected chi connectivity index (χ3v) is 4.39. The van der Waals surface area contributed by atoms with E-state index < -0.39 is 17.9 Å². The van der Waals surface area contributed by atoms with Gasteiger partial charge >= 0.3 is 0 Å². The summed E-state index contributed by atoms with van der Waals surface area (Å²) in [5.74, 6) is 0.565. The summed E-state index contributed by atoms with van der Waals surface area (Å²) in [6.45, 7) is 6.26. The highest BCUT2D eigenvalue weighted by Crippen LogP contribution is 2.29. The minimum Gasteiger partial charge on any atom is -0.490 e. The second-order valence-electron chi connectivity index (χ2n) is 6.20. The van der Waals surface area contributed by atoms with Crippen molar-refractivity contribution in [2.45, 2.75) is 33.3 Å². The molecule has 0 saturated carbocycles. The number of nitrogens with one attached hydrogen (secondary N) is 2. The average Bonchev–Trinajstić information content (AvgIpc) is 2.70. The first-order valence-corrected chi connectivity index (χ1v) is 10.2. The van der Waals surface area contributed by atoms with Crippen LogP contribution in [0, 0.1) is 0 Å². The van der Waals surface area contributed by atoms with Crippen molar-refractivity contribution in [2.24, 2.45) is 0 Å². The van der Waals surface area contributed by atoms with Crippen molar-refractivity contribution in [1.82, 2.24) is 10.9 Å². The van der Waals surface area contributed by atoms with E-state index in [9.17, 15) is 9.59 Å². The third kappa shape index (κ3) is 7.00. The molecule has 1 unspecified atom stereocenters. The number of amides is 2. The number of halogens is 2. The van der Waals surface area contributed by atoms with E-state index in [2.05, 4.69) is 10.9 Å². The summed E-state index contributed by atoms with van der Waals surface area (Å²) >= 11 is 11.9. The predicted octanol–water partition coefficient (Wildman–Crippen LogP) is 3.95. The van der Waals surface area contributed by atoms with E-state index in [1.54, 1.807) is 30.3 Å². The van der Waals surface area contributed by atoms with Crippen LogP contribution in [0.2, 0.25) is 10.0 Å². The van der Waals surface area contributed by atoms with Gasteiger partial charge in [0, 0.05) is 5.02 Å². The Hall–Kier alpha value is -2.64. The molecule has 2 aromatic carbocycles. The first-order valence-electron chi connectivity index (χ1n) is 9.43. The molecule has 0 aliphatic carbocycles. The van der Waals surface area contributed by atoms with Crippen molar-refractivity contribution in [1.29, 1.82) is 0 Å². The monoisotopic (exact) mass is 454 g/mol. The van der Waals surface area contributed by atoms with E-state index in [1.165, 1.54) is 13.0 Å². The number of ether oxygens (including phenoxy) is 3. The molecule has 0 bridgehead atoms. The number of carbonyl (C=O) groups excluding carboxylic acids is 2. The Morgan fingerprint density at radius 2 is 1.60 bits per heavy atom. The zero-order valence-corrected chi connectivity index (χ0v) is 18.5.